The monoisotopic (exact) mass is 281 g/mol. The van der Waals surface area contributed by atoms with E-state index in [1.165, 1.54) is 24.8 Å². The minimum Gasteiger partial charge on any atom is -0.480 e. The number of nitrogens with one attached hydrogen (secondary N) is 1. The Morgan fingerprint density at radius 3 is 2.68 bits per heavy atom. The number of hydrogen-bond donors (Lipinski definition) is 3. The van der Waals surface area contributed by atoms with Gasteiger partial charge in [-0.05, 0) is 24.5 Å². The number of carboxylic acids is 1. The molecule has 0 fully saturated rings. The molecule has 2 N–H and O–H groups in total. The summed E-state index contributed by atoms with van der Waals surface area (Å²) < 4.78 is 0. The van der Waals surface area contributed by atoms with Crippen LogP contribution in [0.5, 0.6) is 0 Å². The lowest BCUT2D eigenvalue weighted by Gasteiger charge is -2.16. The molecule has 0 radical (unpaired) electrons. The lowest BCUT2D eigenvalue weighted by Crippen LogP contribution is -2.31. The highest BCUT2D eigenvalue weighted by molar-refractivity contribution is 7.80. The highest BCUT2D eigenvalue weighted by atomic mass is 32.1. The molecule has 1 unspecified atom stereocenters. The number of benzene rings is 1. The van der Waals surface area contributed by atoms with Crippen molar-refractivity contribution in [1.82, 2.24) is 0 Å². The number of aliphatic carboxylic acids is 1. The number of para-hydroxylation sites is 1. The van der Waals surface area contributed by atoms with Gasteiger partial charge in [0.25, 0.3) is 0 Å². The van der Waals surface area contributed by atoms with Gasteiger partial charge in [-0.15, -0.1) is 0 Å². The van der Waals surface area contributed by atoms with Crippen LogP contribution in [-0.4, -0.2) is 22.9 Å². The molecule has 1 aromatic carbocycles. The van der Waals surface area contributed by atoms with Gasteiger partial charge in [0.2, 0.25) is 0 Å². The van der Waals surface area contributed by atoms with Crippen LogP contribution in [0.25, 0.3) is 0 Å². The fraction of sp³-hybridized carbons (Fsp3) is 0.533. The van der Waals surface area contributed by atoms with Crippen molar-refractivity contribution in [1.29, 1.82) is 0 Å². The molecule has 0 spiro atoms. The van der Waals surface area contributed by atoms with E-state index < -0.39 is 12.0 Å². The normalized spacial score (nSPS) is 12.1. The fourth-order valence-electron chi connectivity index (χ4n) is 1.99. The van der Waals surface area contributed by atoms with E-state index in [-0.39, 0.29) is 5.75 Å². The van der Waals surface area contributed by atoms with Crippen molar-refractivity contribution in [2.75, 3.05) is 11.1 Å². The van der Waals surface area contributed by atoms with Crippen molar-refractivity contribution in [2.24, 2.45) is 0 Å². The van der Waals surface area contributed by atoms with Crippen LogP contribution in [0.2, 0.25) is 0 Å². The number of aryl methyl sites for hydroxylation is 1. The van der Waals surface area contributed by atoms with Crippen molar-refractivity contribution in [3.8, 4) is 0 Å². The Labute approximate surface area is 120 Å². The number of rotatable bonds is 9. The smallest absolute Gasteiger partial charge is 0.326 e. The SMILES string of the molecule is CCCCCCc1ccccc1NC(CS)C(=O)O. The van der Waals surface area contributed by atoms with E-state index in [0.717, 1.165) is 18.5 Å². The molecule has 0 saturated carbocycles. The van der Waals surface area contributed by atoms with E-state index >= 15 is 0 Å². The van der Waals surface area contributed by atoms with Crippen molar-refractivity contribution < 1.29 is 9.90 Å². The van der Waals surface area contributed by atoms with E-state index in [4.69, 9.17) is 5.11 Å². The summed E-state index contributed by atoms with van der Waals surface area (Å²) in [7, 11) is 0. The van der Waals surface area contributed by atoms with E-state index in [0.29, 0.717) is 0 Å². The van der Waals surface area contributed by atoms with E-state index in [1.54, 1.807) is 0 Å². The molecule has 0 saturated heterocycles. The molecule has 0 aliphatic rings. The zero-order valence-corrected chi connectivity index (χ0v) is 12.3. The highest BCUT2D eigenvalue weighted by Gasteiger charge is 2.16. The summed E-state index contributed by atoms with van der Waals surface area (Å²) in [5.41, 5.74) is 2.10. The number of carboxylic acid groups (broad SMARTS) is 1. The minimum absolute atomic E-state index is 0.277. The van der Waals surface area contributed by atoms with Gasteiger partial charge in [0.1, 0.15) is 6.04 Å². The molecule has 106 valence electrons. The standard InChI is InChI=1S/C15H23NO2S/c1-2-3-4-5-8-12-9-6-7-10-13(12)16-14(11-19)15(17)18/h6-7,9-10,14,16,19H,2-5,8,11H2,1H3,(H,17,18). The van der Waals surface area contributed by atoms with Gasteiger partial charge in [-0.2, -0.15) is 12.6 Å². The molecule has 0 aliphatic heterocycles. The molecule has 0 aliphatic carbocycles. The zero-order valence-electron chi connectivity index (χ0n) is 11.4. The lowest BCUT2D eigenvalue weighted by molar-refractivity contribution is -0.137. The van der Waals surface area contributed by atoms with Gasteiger partial charge in [0.15, 0.2) is 0 Å². The van der Waals surface area contributed by atoms with Crippen LogP contribution in [0.4, 0.5) is 5.69 Å². The quantitative estimate of drug-likeness (QED) is 0.479. The third-order valence-electron chi connectivity index (χ3n) is 3.13. The first-order valence-electron chi connectivity index (χ1n) is 6.87. The Kier molecular flexibility index (Phi) is 7.41. The van der Waals surface area contributed by atoms with Gasteiger partial charge in [0.05, 0.1) is 0 Å². The maximum Gasteiger partial charge on any atom is 0.326 e. The van der Waals surface area contributed by atoms with Crippen LogP contribution in [-0.2, 0) is 11.2 Å². The van der Waals surface area contributed by atoms with Crippen molar-refractivity contribution >= 4 is 24.3 Å². The summed E-state index contributed by atoms with van der Waals surface area (Å²) in [5, 5.41) is 12.1. The second-order valence-electron chi connectivity index (χ2n) is 4.69. The second kappa shape index (κ2) is 8.86. The molecule has 0 heterocycles. The number of thiol groups is 1. The molecule has 0 amide bonds. The third kappa shape index (κ3) is 5.55. The molecule has 4 heteroatoms. The molecule has 1 rings (SSSR count). The molecule has 1 aromatic rings. The fourth-order valence-corrected chi connectivity index (χ4v) is 2.24. The molecular weight excluding hydrogens is 258 g/mol. The van der Waals surface area contributed by atoms with Crippen LogP contribution < -0.4 is 5.32 Å². The first-order valence-corrected chi connectivity index (χ1v) is 7.50. The van der Waals surface area contributed by atoms with Gasteiger partial charge in [-0.3, -0.25) is 0 Å². The maximum absolute atomic E-state index is 11.0. The summed E-state index contributed by atoms with van der Waals surface area (Å²) >= 11 is 4.07. The van der Waals surface area contributed by atoms with Crippen LogP contribution >= 0.6 is 12.6 Å². The Morgan fingerprint density at radius 2 is 2.05 bits per heavy atom. The van der Waals surface area contributed by atoms with Crippen molar-refractivity contribution in [3.63, 3.8) is 0 Å². The second-order valence-corrected chi connectivity index (χ2v) is 5.05. The van der Waals surface area contributed by atoms with Gasteiger partial charge in [-0.25, -0.2) is 4.79 Å². The largest absolute Gasteiger partial charge is 0.480 e. The molecule has 0 aromatic heterocycles. The summed E-state index contributed by atoms with van der Waals surface area (Å²) in [6.07, 6.45) is 5.83. The van der Waals surface area contributed by atoms with Crippen LogP contribution in [0.3, 0.4) is 0 Å². The molecular formula is C15H23NO2S. The summed E-state index contributed by atoms with van der Waals surface area (Å²) in [6.45, 7) is 2.19. The van der Waals surface area contributed by atoms with E-state index in [2.05, 4.69) is 30.9 Å². The molecule has 1 atom stereocenters. The summed E-state index contributed by atoms with van der Waals surface area (Å²) in [6, 6.07) is 7.28. The van der Waals surface area contributed by atoms with Crippen LogP contribution in [0, 0.1) is 0 Å². The molecule has 3 nitrogen and oxygen atoms in total. The van der Waals surface area contributed by atoms with Crippen molar-refractivity contribution in [3.05, 3.63) is 29.8 Å². The maximum atomic E-state index is 11.0. The summed E-state index contributed by atoms with van der Waals surface area (Å²) in [5.74, 6) is -0.588. The first kappa shape index (κ1) is 15.9. The van der Waals surface area contributed by atoms with Gasteiger partial charge in [-0.1, -0.05) is 44.4 Å². The van der Waals surface area contributed by atoms with Gasteiger partial charge < -0.3 is 10.4 Å². The topological polar surface area (TPSA) is 49.3 Å². The average Bonchev–Trinajstić information content (AvgIpc) is 2.42. The highest BCUT2D eigenvalue weighted by Crippen LogP contribution is 2.19. The number of anilines is 1. The minimum atomic E-state index is -0.865. The van der Waals surface area contributed by atoms with Crippen molar-refractivity contribution in [2.45, 2.75) is 45.1 Å². The van der Waals surface area contributed by atoms with Gasteiger partial charge in [0, 0.05) is 11.4 Å². The third-order valence-corrected chi connectivity index (χ3v) is 3.49. The Morgan fingerprint density at radius 1 is 1.32 bits per heavy atom. The number of carbonyl (C=O) groups is 1. The van der Waals surface area contributed by atoms with Crippen LogP contribution in [0.15, 0.2) is 24.3 Å². The van der Waals surface area contributed by atoms with E-state index in [9.17, 15) is 4.79 Å². The lowest BCUT2D eigenvalue weighted by atomic mass is 10.0. The first-order chi connectivity index (χ1) is 9.19. The van der Waals surface area contributed by atoms with E-state index in [1.807, 2.05) is 18.2 Å². The Hall–Kier alpha value is -1.16. The average molecular weight is 281 g/mol. The molecule has 19 heavy (non-hydrogen) atoms. The molecule has 0 bridgehead atoms. The Bertz CT molecular complexity index is 395. The van der Waals surface area contributed by atoms with Gasteiger partial charge >= 0.3 is 5.97 Å². The zero-order chi connectivity index (χ0) is 14.1. The Balaban J connectivity index is 2.64. The van der Waals surface area contributed by atoms with Crippen LogP contribution in [0.1, 0.15) is 38.2 Å². The summed E-state index contributed by atoms with van der Waals surface area (Å²) in [4.78, 5) is 11.0. The number of hydrogen-bond acceptors (Lipinski definition) is 3. The number of unbranched alkanes of at least 4 members (excludes halogenated alkanes) is 3. The predicted octanol–water partition coefficient (Wildman–Crippen LogP) is 3.60. The predicted molar refractivity (Wildman–Crippen MR) is 83.2 cm³/mol.